The van der Waals surface area contributed by atoms with Crippen molar-refractivity contribution in [2.75, 3.05) is 13.1 Å². The highest BCUT2D eigenvalue weighted by Crippen LogP contribution is 2.20. The quantitative estimate of drug-likeness (QED) is 0.801. The van der Waals surface area contributed by atoms with Crippen LogP contribution >= 0.6 is 0 Å². The highest BCUT2D eigenvalue weighted by atomic mass is 15.2. The number of hydrogen-bond donors (Lipinski definition) is 1. The summed E-state index contributed by atoms with van der Waals surface area (Å²) in [7, 11) is 0. The minimum Gasteiger partial charge on any atom is -0.361 e. The van der Waals surface area contributed by atoms with E-state index in [9.17, 15) is 0 Å². The van der Waals surface area contributed by atoms with Gasteiger partial charge in [-0.1, -0.05) is 24.3 Å². The lowest BCUT2D eigenvalue weighted by atomic mass is 10.0. The summed E-state index contributed by atoms with van der Waals surface area (Å²) in [6.07, 6.45) is 5.19. The minimum atomic E-state index is 0.181. The molecule has 2 nitrogen and oxygen atoms in total. The van der Waals surface area contributed by atoms with Gasteiger partial charge in [-0.05, 0) is 38.8 Å². The Labute approximate surface area is 116 Å². The standard InChI is InChI=1S/C17H24N2/c1-5-11-19(17(2,3)4)12-10-14-13-18-16-9-7-6-8-15(14)16/h5-9,13,18H,1,10-12H2,2-4H3. The van der Waals surface area contributed by atoms with E-state index >= 15 is 0 Å². The number of nitrogens with one attached hydrogen (secondary N) is 1. The summed E-state index contributed by atoms with van der Waals surface area (Å²) in [5.41, 5.74) is 2.80. The van der Waals surface area contributed by atoms with Crippen LogP contribution < -0.4 is 0 Å². The Hall–Kier alpha value is -1.54. The third-order valence-corrected chi connectivity index (χ3v) is 3.62. The zero-order valence-electron chi connectivity index (χ0n) is 12.2. The van der Waals surface area contributed by atoms with Crippen molar-refractivity contribution in [2.45, 2.75) is 32.7 Å². The highest BCUT2D eigenvalue weighted by molar-refractivity contribution is 5.83. The van der Waals surface area contributed by atoms with Gasteiger partial charge in [0.1, 0.15) is 0 Å². The van der Waals surface area contributed by atoms with Crippen LogP contribution in [0.1, 0.15) is 26.3 Å². The van der Waals surface area contributed by atoms with Gasteiger partial charge in [0.2, 0.25) is 0 Å². The lowest BCUT2D eigenvalue weighted by molar-refractivity contribution is 0.156. The number of aromatic nitrogens is 1. The molecule has 19 heavy (non-hydrogen) atoms. The number of hydrogen-bond acceptors (Lipinski definition) is 1. The molecule has 0 saturated heterocycles. The van der Waals surface area contributed by atoms with E-state index in [0.717, 1.165) is 19.5 Å². The summed E-state index contributed by atoms with van der Waals surface area (Å²) in [5, 5.41) is 1.34. The van der Waals surface area contributed by atoms with Crippen molar-refractivity contribution >= 4 is 10.9 Å². The fourth-order valence-electron chi connectivity index (χ4n) is 2.45. The number of para-hydroxylation sites is 1. The molecule has 102 valence electrons. The molecule has 1 heterocycles. The van der Waals surface area contributed by atoms with Crippen LogP contribution in [0.4, 0.5) is 0 Å². The van der Waals surface area contributed by atoms with E-state index in [-0.39, 0.29) is 5.54 Å². The van der Waals surface area contributed by atoms with Crippen LogP contribution in [0.2, 0.25) is 0 Å². The van der Waals surface area contributed by atoms with E-state index in [1.165, 1.54) is 16.5 Å². The van der Waals surface area contributed by atoms with Crippen LogP contribution in [0, 0.1) is 0 Å². The van der Waals surface area contributed by atoms with Gasteiger partial charge in [-0.15, -0.1) is 6.58 Å². The number of aromatic amines is 1. The second-order valence-corrected chi connectivity index (χ2v) is 6.02. The predicted molar refractivity (Wildman–Crippen MR) is 83.5 cm³/mol. The Morgan fingerprint density at radius 2 is 2.00 bits per heavy atom. The molecule has 0 bridgehead atoms. The molecule has 0 aliphatic carbocycles. The van der Waals surface area contributed by atoms with E-state index in [0.29, 0.717) is 0 Å². The Kier molecular flexibility index (Phi) is 4.11. The molecule has 0 radical (unpaired) electrons. The monoisotopic (exact) mass is 256 g/mol. The second-order valence-electron chi connectivity index (χ2n) is 6.02. The van der Waals surface area contributed by atoms with E-state index in [4.69, 9.17) is 0 Å². The average molecular weight is 256 g/mol. The normalized spacial score (nSPS) is 12.2. The Bertz CT molecular complexity index is 546. The van der Waals surface area contributed by atoms with Gasteiger partial charge in [-0.25, -0.2) is 0 Å². The van der Waals surface area contributed by atoms with Crippen LogP contribution in [0.15, 0.2) is 43.1 Å². The molecular formula is C17H24N2. The summed E-state index contributed by atoms with van der Waals surface area (Å²) in [6, 6.07) is 8.49. The lowest BCUT2D eigenvalue weighted by Crippen LogP contribution is -2.42. The third kappa shape index (κ3) is 3.27. The van der Waals surface area contributed by atoms with Crippen molar-refractivity contribution in [3.8, 4) is 0 Å². The zero-order chi connectivity index (χ0) is 13.9. The Morgan fingerprint density at radius 1 is 1.26 bits per heavy atom. The van der Waals surface area contributed by atoms with Crippen LogP contribution in [-0.4, -0.2) is 28.5 Å². The molecule has 2 aromatic rings. The van der Waals surface area contributed by atoms with E-state index < -0.39 is 0 Å². The van der Waals surface area contributed by atoms with Gasteiger partial charge in [-0.2, -0.15) is 0 Å². The van der Waals surface area contributed by atoms with E-state index in [1.807, 2.05) is 6.08 Å². The first-order chi connectivity index (χ1) is 9.02. The molecule has 0 fully saturated rings. The maximum absolute atomic E-state index is 3.86. The zero-order valence-corrected chi connectivity index (χ0v) is 12.2. The number of rotatable bonds is 5. The third-order valence-electron chi connectivity index (χ3n) is 3.62. The summed E-state index contributed by atoms with van der Waals surface area (Å²) in [6.45, 7) is 12.6. The predicted octanol–water partition coefficient (Wildman–Crippen LogP) is 4.00. The smallest absolute Gasteiger partial charge is 0.0456 e. The number of fused-ring (bicyclic) bond motifs is 1. The maximum Gasteiger partial charge on any atom is 0.0456 e. The van der Waals surface area contributed by atoms with Crippen molar-refractivity contribution in [3.63, 3.8) is 0 Å². The molecule has 2 rings (SSSR count). The largest absolute Gasteiger partial charge is 0.361 e. The van der Waals surface area contributed by atoms with Gasteiger partial charge in [0.15, 0.2) is 0 Å². The van der Waals surface area contributed by atoms with Gasteiger partial charge in [0, 0.05) is 35.7 Å². The fraction of sp³-hybridized carbons (Fsp3) is 0.412. The van der Waals surface area contributed by atoms with Crippen LogP contribution in [0.25, 0.3) is 10.9 Å². The molecule has 1 aromatic heterocycles. The van der Waals surface area contributed by atoms with Crippen molar-refractivity contribution in [1.82, 2.24) is 9.88 Å². The molecule has 0 saturated carbocycles. The second kappa shape index (κ2) is 5.62. The SMILES string of the molecule is C=CCN(CCc1c[nH]c2ccccc12)C(C)(C)C. The van der Waals surface area contributed by atoms with Crippen LogP contribution in [0.5, 0.6) is 0 Å². The van der Waals surface area contributed by atoms with Gasteiger partial charge in [0.05, 0.1) is 0 Å². The van der Waals surface area contributed by atoms with E-state index in [2.05, 4.69) is 67.7 Å². The molecule has 2 heteroatoms. The Morgan fingerprint density at radius 3 is 2.68 bits per heavy atom. The molecule has 1 aromatic carbocycles. The summed E-state index contributed by atoms with van der Waals surface area (Å²) < 4.78 is 0. The summed E-state index contributed by atoms with van der Waals surface area (Å²) >= 11 is 0. The molecule has 0 aliphatic rings. The lowest BCUT2D eigenvalue weighted by Gasteiger charge is -2.34. The Balaban J connectivity index is 2.10. The molecule has 0 spiro atoms. The first-order valence-corrected chi connectivity index (χ1v) is 6.93. The average Bonchev–Trinajstić information content (AvgIpc) is 2.76. The van der Waals surface area contributed by atoms with Crippen molar-refractivity contribution in [2.24, 2.45) is 0 Å². The fourth-order valence-corrected chi connectivity index (χ4v) is 2.45. The van der Waals surface area contributed by atoms with Gasteiger partial charge < -0.3 is 4.98 Å². The molecule has 0 amide bonds. The highest BCUT2D eigenvalue weighted by Gasteiger charge is 2.19. The van der Waals surface area contributed by atoms with E-state index in [1.54, 1.807) is 0 Å². The molecular weight excluding hydrogens is 232 g/mol. The number of H-pyrrole nitrogens is 1. The first-order valence-electron chi connectivity index (χ1n) is 6.93. The maximum atomic E-state index is 3.86. The molecule has 1 N–H and O–H groups in total. The summed E-state index contributed by atoms with van der Waals surface area (Å²) in [4.78, 5) is 5.80. The topological polar surface area (TPSA) is 19.0 Å². The molecule has 0 unspecified atom stereocenters. The van der Waals surface area contributed by atoms with Crippen molar-refractivity contribution in [1.29, 1.82) is 0 Å². The first kappa shape index (κ1) is 13.9. The minimum absolute atomic E-state index is 0.181. The van der Waals surface area contributed by atoms with Crippen molar-refractivity contribution < 1.29 is 0 Å². The van der Waals surface area contributed by atoms with Crippen LogP contribution in [-0.2, 0) is 6.42 Å². The number of benzene rings is 1. The summed E-state index contributed by atoms with van der Waals surface area (Å²) in [5.74, 6) is 0. The molecule has 0 aliphatic heterocycles. The molecule has 0 atom stereocenters. The number of nitrogens with zero attached hydrogens (tertiary/aromatic N) is 1. The van der Waals surface area contributed by atoms with Gasteiger partial charge in [0.25, 0.3) is 0 Å². The van der Waals surface area contributed by atoms with Crippen molar-refractivity contribution in [3.05, 3.63) is 48.7 Å². The van der Waals surface area contributed by atoms with Gasteiger partial charge in [-0.3, -0.25) is 4.90 Å². The van der Waals surface area contributed by atoms with Gasteiger partial charge >= 0.3 is 0 Å². The van der Waals surface area contributed by atoms with Crippen LogP contribution in [0.3, 0.4) is 0 Å².